The first-order valence-corrected chi connectivity index (χ1v) is 13.1. The molecule has 39 heavy (non-hydrogen) atoms. The monoisotopic (exact) mass is 527 g/mol. The molecule has 2 aromatic carbocycles. The van der Waals surface area contributed by atoms with E-state index in [9.17, 15) is 9.59 Å². The molecule has 0 amide bonds. The third kappa shape index (κ3) is 4.69. The fourth-order valence-corrected chi connectivity index (χ4v) is 5.06. The van der Waals surface area contributed by atoms with Crippen molar-refractivity contribution in [2.45, 2.75) is 32.9 Å². The summed E-state index contributed by atoms with van der Waals surface area (Å²) in [6.07, 6.45) is 4.29. The van der Waals surface area contributed by atoms with Gasteiger partial charge in [-0.25, -0.2) is 19.9 Å². The predicted molar refractivity (Wildman–Crippen MR) is 148 cm³/mol. The Morgan fingerprint density at radius 1 is 1.08 bits per heavy atom. The molecule has 0 saturated carbocycles. The smallest absolute Gasteiger partial charge is 0.272 e. The first kappa shape index (κ1) is 24.9. The average Bonchev–Trinajstić information content (AvgIpc) is 2.99. The van der Waals surface area contributed by atoms with Gasteiger partial charge >= 0.3 is 0 Å². The van der Waals surface area contributed by atoms with E-state index in [2.05, 4.69) is 32.0 Å². The zero-order valence-electron chi connectivity index (χ0n) is 21.9. The molecule has 4 heterocycles. The molecule has 1 atom stereocenters. The first-order chi connectivity index (χ1) is 19.0. The van der Waals surface area contributed by atoms with Crippen molar-refractivity contribution in [1.82, 2.24) is 19.9 Å². The molecular weight excluding hydrogens is 498 g/mol. The predicted octanol–water partition coefficient (Wildman–Crippen LogP) is 2.46. The molecule has 2 aromatic heterocycles. The van der Waals surface area contributed by atoms with Crippen molar-refractivity contribution in [3.05, 3.63) is 74.4 Å². The fraction of sp³-hybridized carbons (Fsp3) is 0.357. The Labute approximate surface area is 225 Å². The maximum Gasteiger partial charge on any atom is 0.272 e. The van der Waals surface area contributed by atoms with Gasteiger partial charge < -0.3 is 24.6 Å². The van der Waals surface area contributed by atoms with Gasteiger partial charge in [0.2, 0.25) is 5.95 Å². The van der Waals surface area contributed by atoms with E-state index >= 15 is 0 Å². The minimum Gasteiger partial charge on any atom is -0.488 e. The van der Waals surface area contributed by atoms with E-state index in [0.717, 1.165) is 42.1 Å². The fourth-order valence-electron chi connectivity index (χ4n) is 5.06. The number of nitrogens with zero attached hydrogens (tertiary/aromatic N) is 6. The molecule has 4 aromatic rings. The molecule has 1 saturated heterocycles. The Balaban J connectivity index is 1.33. The Morgan fingerprint density at radius 3 is 2.62 bits per heavy atom. The van der Waals surface area contributed by atoms with Crippen LogP contribution in [0.3, 0.4) is 0 Å². The highest BCUT2D eigenvalue weighted by molar-refractivity contribution is 5.72. The van der Waals surface area contributed by atoms with Crippen molar-refractivity contribution >= 4 is 23.1 Å². The number of aromatic nitrogens is 4. The number of ether oxygens (including phenoxy) is 2. The summed E-state index contributed by atoms with van der Waals surface area (Å²) in [5.74, 6) is 2.34. The molecule has 200 valence electrons. The maximum absolute atomic E-state index is 12.0. The first-order valence-electron chi connectivity index (χ1n) is 13.1. The highest BCUT2D eigenvalue weighted by Gasteiger charge is 2.30. The van der Waals surface area contributed by atoms with Crippen molar-refractivity contribution in [3.8, 4) is 17.1 Å². The lowest BCUT2D eigenvalue weighted by atomic mass is 10.0. The molecule has 6 rings (SSSR count). The third-order valence-electron chi connectivity index (χ3n) is 7.09. The summed E-state index contributed by atoms with van der Waals surface area (Å²) >= 11 is 0. The second kappa shape index (κ2) is 10.4. The van der Waals surface area contributed by atoms with Crippen molar-refractivity contribution in [3.63, 3.8) is 0 Å². The maximum atomic E-state index is 12.0. The van der Waals surface area contributed by atoms with Gasteiger partial charge in [0, 0.05) is 42.3 Å². The summed E-state index contributed by atoms with van der Waals surface area (Å²) in [6, 6.07) is 9.50. The second-order valence-corrected chi connectivity index (χ2v) is 9.63. The summed E-state index contributed by atoms with van der Waals surface area (Å²) in [6.45, 7) is 7.68. The van der Waals surface area contributed by atoms with Crippen LogP contribution in [-0.2, 0) is 17.7 Å². The van der Waals surface area contributed by atoms with Gasteiger partial charge in [0.15, 0.2) is 11.6 Å². The molecule has 0 aliphatic carbocycles. The molecule has 0 radical (unpaired) electrons. The Hall–Kier alpha value is -4.38. The van der Waals surface area contributed by atoms with Gasteiger partial charge in [-0.2, -0.15) is 0 Å². The van der Waals surface area contributed by atoms with E-state index in [4.69, 9.17) is 19.4 Å². The van der Waals surface area contributed by atoms with Crippen LogP contribution in [-0.4, -0.2) is 58.9 Å². The lowest BCUT2D eigenvalue weighted by molar-refractivity contribution is 0.0984. The molecule has 1 fully saturated rings. The van der Waals surface area contributed by atoms with Gasteiger partial charge in [0.1, 0.15) is 11.5 Å². The van der Waals surface area contributed by atoms with Gasteiger partial charge in [0.05, 0.1) is 38.1 Å². The van der Waals surface area contributed by atoms with Crippen LogP contribution in [0.15, 0.2) is 52.3 Å². The molecule has 0 bridgehead atoms. The highest BCUT2D eigenvalue weighted by atomic mass is 16.5. The Kier molecular flexibility index (Phi) is 6.65. The minimum atomic E-state index is -0.599. The molecule has 11 heteroatoms. The van der Waals surface area contributed by atoms with E-state index in [-0.39, 0.29) is 17.5 Å². The van der Waals surface area contributed by atoms with Crippen LogP contribution in [0.2, 0.25) is 0 Å². The lowest BCUT2D eigenvalue weighted by Gasteiger charge is -2.37. The summed E-state index contributed by atoms with van der Waals surface area (Å²) < 4.78 is 11.0. The average molecular weight is 528 g/mol. The van der Waals surface area contributed by atoms with Crippen molar-refractivity contribution in [1.29, 1.82) is 0 Å². The number of nitrogens with one attached hydrogen (secondary N) is 1. The van der Waals surface area contributed by atoms with E-state index < -0.39 is 10.9 Å². The van der Waals surface area contributed by atoms with Crippen LogP contribution < -0.4 is 30.7 Å². The minimum absolute atomic E-state index is 0.0841. The van der Waals surface area contributed by atoms with Gasteiger partial charge in [-0.15, -0.1) is 0 Å². The molecule has 0 unspecified atom stereocenters. The van der Waals surface area contributed by atoms with Crippen LogP contribution in [0.25, 0.3) is 11.4 Å². The van der Waals surface area contributed by atoms with E-state index in [1.807, 2.05) is 30.3 Å². The topological polar surface area (TPSA) is 123 Å². The molecule has 2 aliphatic heterocycles. The second-order valence-electron chi connectivity index (χ2n) is 9.63. The van der Waals surface area contributed by atoms with Crippen molar-refractivity contribution in [2.75, 3.05) is 48.0 Å². The highest BCUT2D eigenvalue weighted by Crippen LogP contribution is 2.33. The van der Waals surface area contributed by atoms with Crippen LogP contribution in [0, 0.1) is 0 Å². The van der Waals surface area contributed by atoms with Crippen molar-refractivity contribution < 1.29 is 9.47 Å². The summed E-state index contributed by atoms with van der Waals surface area (Å²) in [4.78, 5) is 47.2. The van der Waals surface area contributed by atoms with Crippen LogP contribution in [0.1, 0.15) is 25.1 Å². The number of morpholine rings is 1. The van der Waals surface area contributed by atoms with E-state index in [1.165, 1.54) is 0 Å². The van der Waals surface area contributed by atoms with E-state index in [0.29, 0.717) is 43.8 Å². The van der Waals surface area contributed by atoms with Crippen LogP contribution >= 0.6 is 0 Å². The van der Waals surface area contributed by atoms with Gasteiger partial charge in [-0.1, -0.05) is 0 Å². The summed E-state index contributed by atoms with van der Waals surface area (Å²) in [7, 11) is 0. The van der Waals surface area contributed by atoms with Gasteiger partial charge in [-0.05, 0) is 50.6 Å². The van der Waals surface area contributed by atoms with Crippen LogP contribution in [0.4, 0.5) is 23.1 Å². The Morgan fingerprint density at radius 2 is 1.87 bits per heavy atom. The van der Waals surface area contributed by atoms with Gasteiger partial charge in [0.25, 0.3) is 10.9 Å². The zero-order valence-corrected chi connectivity index (χ0v) is 21.9. The molecular formula is C28H29N7O4. The standard InChI is InChI=1S/C28H29N7O4/c1-3-39-25-22(23(36)24(25)37)31-19-7-5-18(6-8-19)26-32-21-15-34(28-29-10-4-11-30-28)12-9-20(21)27(33-26)35-13-14-38-16-17(35)2/h4-8,10-11,17,31H,3,9,12-16H2,1-2H3/t17-/m0/s1. The van der Waals surface area contributed by atoms with E-state index in [1.54, 1.807) is 19.3 Å². The quantitative estimate of drug-likeness (QED) is 0.357. The van der Waals surface area contributed by atoms with Crippen LogP contribution in [0.5, 0.6) is 5.75 Å². The van der Waals surface area contributed by atoms with Gasteiger partial charge in [-0.3, -0.25) is 9.59 Å². The number of benzene rings is 1. The Bertz CT molecular complexity index is 1550. The normalized spacial score (nSPS) is 17.2. The SMILES string of the molecule is CCOc1c(Nc2ccc(-c3nc4c(c(N5CCOC[C@@H]5C)n3)CCN(c3ncccn3)C4)cc2)c(=O)c1=O. The molecule has 11 nitrogen and oxygen atoms in total. The lowest BCUT2D eigenvalue weighted by Crippen LogP contribution is -2.45. The third-order valence-corrected chi connectivity index (χ3v) is 7.09. The molecule has 1 N–H and O–H groups in total. The summed E-state index contributed by atoms with van der Waals surface area (Å²) in [5, 5.41) is 3.02. The zero-order chi connectivity index (χ0) is 26.9. The largest absolute Gasteiger partial charge is 0.488 e. The summed E-state index contributed by atoms with van der Waals surface area (Å²) in [5.41, 5.74) is 2.63. The number of rotatable bonds is 7. The molecule has 0 spiro atoms. The number of fused-ring (bicyclic) bond motifs is 1. The number of anilines is 4. The number of hydrogen-bond donors (Lipinski definition) is 1. The molecule has 2 aliphatic rings. The van der Waals surface area contributed by atoms with Crippen molar-refractivity contribution in [2.24, 2.45) is 0 Å². The number of hydrogen-bond acceptors (Lipinski definition) is 11.